The van der Waals surface area contributed by atoms with Crippen LogP contribution in [-0.4, -0.2) is 60.9 Å². The summed E-state index contributed by atoms with van der Waals surface area (Å²) in [5.74, 6) is -1.25. The van der Waals surface area contributed by atoms with Crippen molar-refractivity contribution in [1.82, 2.24) is 4.90 Å². The molecule has 0 aromatic rings. The Labute approximate surface area is 135 Å². The molecule has 0 aromatic heterocycles. The maximum atomic E-state index is 12.9. The number of likely N-dealkylation sites (tertiary alicyclic amines) is 1. The summed E-state index contributed by atoms with van der Waals surface area (Å²) in [6, 6.07) is 0. The zero-order chi connectivity index (χ0) is 16.0. The van der Waals surface area contributed by atoms with Crippen molar-refractivity contribution in [3.8, 4) is 0 Å². The van der Waals surface area contributed by atoms with Gasteiger partial charge in [0.25, 0.3) is 0 Å². The van der Waals surface area contributed by atoms with Crippen LogP contribution in [0.25, 0.3) is 0 Å². The Balaban J connectivity index is 1.52. The monoisotopic (exact) mass is 321 g/mol. The first-order valence-corrected chi connectivity index (χ1v) is 8.59. The molecule has 2 bridgehead atoms. The normalized spacial score (nSPS) is 40.9. The van der Waals surface area contributed by atoms with Crippen molar-refractivity contribution in [2.75, 3.05) is 26.3 Å². The SMILES string of the molecule is CCCOC(=O)[C@H]1[C@@H]2C=C[C@]3(CN(C[C@H]4CCCO4)C(=O)[C@H]13)O2. The van der Waals surface area contributed by atoms with Crippen molar-refractivity contribution in [2.45, 2.75) is 44.0 Å². The quantitative estimate of drug-likeness (QED) is 0.556. The van der Waals surface area contributed by atoms with Crippen molar-refractivity contribution in [3.05, 3.63) is 12.2 Å². The topological polar surface area (TPSA) is 65.1 Å². The highest BCUT2D eigenvalue weighted by Gasteiger charge is 2.67. The van der Waals surface area contributed by atoms with E-state index < -0.39 is 17.4 Å². The van der Waals surface area contributed by atoms with Crippen molar-refractivity contribution >= 4 is 11.9 Å². The van der Waals surface area contributed by atoms with Crippen LogP contribution in [0, 0.1) is 11.8 Å². The predicted octanol–water partition coefficient (Wildman–Crippen LogP) is 0.901. The van der Waals surface area contributed by atoms with E-state index in [2.05, 4.69) is 0 Å². The number of nitrogens with zero attached hydrogens (tertiary/aromatic N) is 1. The van der Waals surface area contributed by atoms with E-state index in [4.69, 9.17) is 14.2 Å². The lowest BCUT2D eigenvalue weighted by Crippen LogP contribution is -2.40. The first-order chi connectivity index (χ1) is 11.1. The van der Waals surface area contributed by atoms with Gasteiger partial charge in [-0.05, 0) is 19.3 Å². The number of amides is 1. The molecule has 4 rings (SSSR count). The van der Waals surface area contributed by atoms with Crippen LogP contribution in [0.4, 0.5) is 0 Å². The fourth-order valence-electron chi connectivity index (χ4n) is 4.33. The van der Waals surface area contributed by atoms with E-state index in [1.54, 1.807) is 0 Å². The molecule has 23 heavy (non-hydrogen) atoms. The summed E-state index contributed by atoms with van der Waals surface area (Å²) in [6.45, 7) is 4.22. The van der Waals surface area contributed by atoms with Gasteiger partial charge in [-0.25, -0.2) is 0 Å². The van der Waals surface area contributed by atoms with Crippen molar-refractivity contribution < 1.29 is 23.8 Å². The van der Waals surface area contributed by atoms with Gasteiger partial charge in [0.05, 0.1) is 31.3 Å². The number of ether oxygens (including phenoxy) is 3. The van der Waals surface area contributed by atoms with Gasteiger partial charge in [-0.2, -0.15) is 0 Å². The summed E-state index contributed by atoms with van der Waals surface area (Å²) in [7, 11) is 0. The molecular formula is C17H23NO5. The first kappa shape index (κ1) is 15.1. The van der Waals surface area contributed by atoms with E-state index in [1.165, 1.54) is 0 Å². The number of rotatable bonds is 5. The fourth-order valence-corrected chi connectivity index (χ4v) is 4.33. The van der Waals surface area contributed by atoms with E-state index in [1.807, 2.05) is 24.0 Å². The molecule has 0 saturated carbocycles. The van der Waals surface area contributed by atoms with Crippen LogP contribution in [0.3, 0.4) is 0 Å². The Morgan fingerprint density at radius 1 is 1.52 bits per heavy atom. The largest absolute Gasteiger partial charge is 0.465 e. The minimum atomic E-state index is -0.643. The molecule has 0 N–H and O–H groups in total. The van der Waals surface area contributed by atoms with Crippen LogP contribution in [0.1, 0.15) is 26.2 Å². The van der Waals surface area contributed by atoms with Gasteiger partial charge >= 0.3 is 5.97 Å². The van der Waals surface area contributed by atoms with Gasteiger partial charge in [0.2, 0.25) is 5.91 Å². The van der Waals surface area contributed by atoms with E-state index in [0.29, 0.717) is 19.7 Å². The predicted molar refractivity (Wildman–Crippen MR) is 80.5 cm³/mol. The minimum Gasteiger partial charge on any atom is -0.465 e. The second-order valence-electron chi connectivity index (χ2n) is 6.92. The van der Waals surface area contributed by atoms with E-state index in [0.717, 1.165) is 25.9 Å². The van der Waals surface area contributed by atoms with Crippen LogP contribution < -0.4 is 0 Å². The van der Waals surface area contributed by atoms with Gasteiger partial charge in [0.15, 0.2) is 0 Å². The van der Waals surface area contributed by atoms with Crippen LogP contribution >= 0.6 is 0 Å². The second-order valence-corrected chi connectivity index (χ2v) is 6.92. The highest BCUT2D eigenvalue weighted by Crippen LogP contribution is 2.52. The zero-order valence-electron chi connectivity index (χ0n) is 13.4. The molecule has 1 spiro atoms. The molecule has 4 heterocycles. The molecule has 4 aliphatic rings. The van der Waals surface area contributed by atoms with E-state index in [-0.39, 0.29) is 24.1 Å². The third-order valence-corrected chi connectivity index (χ3v) is 5.35. The van der Waals surface area contributed by atoms with Gasteiger partial charge in [-0.15, -0.1) is 0 Å². The van der Waals surface area contributed by atoms with Crippen LogP contribution in [0.2, 0.25) is 0 Å². The summed E-state index contributed by atoms with van der Waals surface area (Å²) in [6.07, 6.45) is 6.48. The Morgan fingerprint density at radius 2 is 2.39 bits per heavy atom. The molecule has 0 radical (unpaired) electrons. The summed E-state index contributed by atoms with van der Waals surface area (Å²) in [5, 5.41) is 0. The molecule has 5 atom stereocenters. The molecule has 0 aromatic carbocycles. The van der Waals surface area contributed by atoms with Crippen LogP contribution in [0.5, 0.6) is 0 Å². The third kappa shape index (κ3) is 2.31. The molecule has 3 saturated heterocycles. The molecule has 0 unspecified atom stereocenters. The van der Waals surface area contributed by atoms with Crippen molar-refractivity contribution in [2.24, 2.45) is 11.8 Å². The molecule has 6 nitrogen and oxygen atoms in total. The number of hydrogen-bond acceptors (Lipinski definition) is 5. The number of carbonyl (C=O) groups is 2. The van der Waals surface area contributed by atoms with Gasteiger partial charge in [0, 0.05) is 13.2 Å². The summed E-state index contributed by atoms with van der Waals surface area (Å²) < 4.78 is 17.0. The van der Waals surface area contributed by atoms with Crippen molar-refractivity contribution in [1.29, 1.82) is 0 Å². The maximum absolute atomic E-state index is 12.9. The Kier molecular flexibility index (Phi) is 3.69. The van der Waals surface area contributed by atoms with Crippen LogP contribution in [0.15, 0.2) is 12.2 Å². The highest BCUT2D eigenvalue weighted by atomic mass is 16.6. The minimum absolute atomic E-state index is 0.00537. The molecule has 0 aliphatic carbocycles. The molecule has 4 aliphatic heterocycles. The Bertz CT molecular complexity index is 541. The van der Waals surface area contributed by atoms with Gasteiger partial charge in [-0.3, -0.25) is 9.59 Å². The summed E-state index contributed by atoms with van der Waals surface area (Å²) in [5.41, 5.74) is -0.643. The average molecular weight is 321 g/mol. The van der Waals surface area contributed by atoms with Crippen LogP contribution in [-0.2, 0) is 23.8 Å². The lowest BCUT2D eigenvalue weighted by Gasteiger charge is -2.23. The van der Waals surface area contributed by atoms with Gasteiger partial charge in [0.1, 0.15) is 11.5 Å². The van der Waals surface area contributed by atoms with E-state index >= 15 is 0 Å². The Hall–Kier alpha value is -1.40. The average Bonchev–Trinajstić information content (AvgIpc) is 3.28. The van der Waals surface area contributed by atoms with Gasteiger partial charge in [-0.1, -0.05) is 19.1 Å². The molecule has 3 fully saturated rings. The molecular weight excluding hydrogens is 298 g/mol. The maximum Gasteiger partial charge on any atom is 0.312 e. The number of carbonyl (C=O) groups excluding carboxylic acids is 2. The zero-order valence-corrected chi connectivity index (χ0v) is 13.4. The second kappa shape index (κ2) is 5.60. The number of esters is 1. The molecule has 1 amide bonds. The summed E-state index contributed by atoms with van der Waals surface area (Å²) >= 11 is 0. The Morgan fingerprint density at radius 3 is 3.13 bits per heavy atom. The smallest absolute Gasteiger partial charge is 0.312 e. The van der Waals surface area contributed by atoms with E-state index in [9.17, 15) is 9.59 Å². The fraction of sp³-hybridized carbons (Fsp3) is 0.765. The summed E-state index contributed by atoms with van der Waals surface area (Å²) in [4.78, 5) is 27.1. The van der Waals surface area contributed by atoms with Crippen molar-refractivity contribution in [3.63, 3.8) is 0 Å². The standard InChI is InChI=1S/C17H23NO5/c1-2-7-22-16(20)13-12-5-6-17(23-12)10-18(15(19)14(13)17)9-11-4-3-8-21-11/h5-6,11-14H,2-4,7-10H2,1H3/t11-,12+,13+,14+,17-/m1/s1. The lowest BCUT2D eigenvalue weighted by atomic mass is 9.77. The number of fused-ring (bicyclic) bond motifs is 1. The highest BCUT2D eigenvalue weighted by molar-refractivity contribution is 5.91. The molecule has 6 heteroatoms. The molecule has 126 valence electrons. The number of hydrogen-bond donors (Lipinski definition) is 0. The first-order valence-electron chi connectivity index (χ1n) is 8.59. The third-order valence-electron chi connectivity index (χ3n) is 5.35. The van der Waals surface area contributed by atoms with Gasteiger partial charge < -0.3 is 19.1 Å². The lowest BCUT2D eigenvalue weighted by molar-refractivity contribution is -0.154.